The Labute approximate surface area is 223 Å². The molecule has 2 aliphatic carbocycles. The van der Waals surface area contributed by atoms with Gasteiger partial charge in [-0.2, -0.15) is 13.2 Å². The Morgan fingerprint density at radius 2 is 1.58 bits per heavy atom. The van der Waals surface area contributed by atoms with E-state index in [9.17, 15) is 23.1 Å². The molecule has 5 nitrogen and oxygen atoms in total. The molecule has 0 aromatic heterocycles. The van der Waals surface area contributed by atoms with Crippen molar-refractivity contribution in [3.8, 4) is 5.75 Å². The summed E-state index contributed by atoms with van der Waals surface area (Å²) in [5, 5.41) is 13.1. The lowest BCUT2D eigenvalue weighted by Crippen LogP contribution is -2.48. The van der Waals surface area contributed by atoms with Crippen LogP contribution in [0.1, 0.15) is 90.2 Å². The number of alkyl halides is 3. The molecule has 1 amide bonds. The van der Waals surface area contributed by atoms with Crippen LogP contribution in [0.4, 0.5) is 18.0 Å². The third kappa shape index (κ3) is 6.56. The van der Waals surface area contributed by atoms with E-state index in [0.717, 1.165) is 31.6 Å². The Morgan fingerprint density at radius 1 is 0.947 bits per heavy atom. The third-order valence-electron chi connectivity index (χ3n) is 8.07. The van der Waals surface area contributed by atoms with Crippen LogP contribution in [-0.4, -0.2) is 29.5 Å². The van der Waals surface area contributed by atoms with Gasteiger partial charge in [0, 0.05) is 0 Å². The van der Waals surface area contributed by atoms with Crippen molar-refractivity contribution in [1.29, 1.82) is 0 Å². The van der Waals surface area contributed by atoms with E-state index in [4.69, 9.17) is 9.47 Å². The summed E-state index contributed by atoms with van der Waals surface area (Å²) >= 11 is 0. The normalized spacial score (nSPS) is 22.7. The van der Waals surface area contributed by atoms with Crippen LogP contribution < -0.4 is 10.1 Å². The van der Waals surface area contributed by atoms with Crippen molar-refractivity contribution < 1.29 is 32.5 Å². The number of benzene rings is 2. The molecular formula is C30H40F3NO4. The number of hydrogen-bond acceptors (Lipinski definition) is 4. The van der Waals surface area contributed by atoms with Gasteiger partial charge < -0.3 is 19.9 Å². The first-order chi connectivity index (χ1) is 17.8. The van der Waals surface area contributed by atoms with Crippen molar-refractivity contribution in [3.05, 3.63) is 41.5 Å². The standard InChI is InChI=1S/C30H40F3NO4/c1-28(2,3)38-27(36)34-29(4,18-35)22-12-15-24-21(17-22)11-16-25(26(24)30(31,32)33)37-23-13-9-20(10-14-23)19-7-5-6-8-19/h11-12,15-17,19-20,23,35H,5-10,13-14,18H2,1-4H3,(H,34,36)/t20?,23?,29-/m0/s1. The van der Waals surface area contributed by atoms with Crippen molar-refractivity contribution in [1.82, 2.24) is 5.32 Å². The van der Waals surface area contributed by atoms with Gasteiger partial charge in [0.25, 0.3) is 0 Å². The lowest BCUT2D eigenvalue weighted by atomic mass is 9.78. The summed E-state index contributed by atoms with van der Waals surface area (Å²) in [6, 6.07) is 7.47. The van der Waals surface area contributed by atoms with Crippen molar-refractivity contribution in [3.63, 3.8) is 0 Å². The lowest BCUT2D eigenvalue weighted by molar-refractivity contribution is -0.138. The first kappa shape index (κ1) is 28.5. The summed E-state index contributed by atoms with van der Waals surface area (Å²) in [6.45, 7) is 6.30. The second-order valence-electron chi connectivity index (χ2n) is 12.2. The number of rotatable bonds is 6. The van der Waals surface area contributed by atoms with Crippen LogP contribution >= 0.6 is 0 Å². The maximum Gasteiger partial charge on any atom is 0.420 e. The first-order valence-corrected chi connectivity index (χ1v) is 13.7. The van der Waals surface area contributed by atoms with Gasteiger partial charge in [-0.3, -0.25) is 0 Å². The van der Waals surface area contributed by atoms with Gasteiger partial charge >= 0.3 is 12.3 Å². The minimum Gasteiger partial charge on any atom is -0.490 e. The Bertz CT molecular complexity index is 1130. The average Bonchev–Trinajstić information content (AvgIpc) is 3.37. The van der Waals surface area contributed by atoms with Gasteiger partial charge in [-0.05, 0) is 93.7 Å². The number of halogens is 3. The smallest absolute Gasteiger partial charge is 0.420 e. The van der Waals surface area contributed by atoms with Crippen molar-refractivity contribution in [2.45, 2.75) is 102 Å². The maximum atomic E-state index is 14.3. The molecule has 0 saturated heterocycles. The van der Waals surface area contributed by atoms with Crippen molar-refractivity contribution in [2.24, 2.45) is 11.8 Å². The first-order valence-electron chi connectivity index (χ1n) is 13.7. The molecule has 8 heteroatoms. The monoisotopic (exact) mass is 535 g/mol. The molecule has 38 heavy (non-hydrogen) atoms. The molecule has 2 fully saturated rings. The molecular weight excluding hydrogens is 495 g/mol. The minimum atomic E-state index is -4.60. The summed E-state index contributed by atoms with van der Waals surface area (Å²) in [7, 11) is 0. The van der Waals surface area contributed by atoms with Crippen LogP contribution in [0.3, 0.4) is 0 Å². The fourth-order valence-electron chi connectivity index (χ4n) is 6.06. The van der Waals surface area contributed by atoms with E-state index in [0.29, 0.717) is 16.9 Å². The largest absolute Gasteiger partial charge is 0.490 e. The zero-order valence-electron chi connectivity index (χ0n) is 22.8. The molecule has 2 aliphatic rings. The van der Waals surface area contributed by atoms with Gasteiger partial charge in [0.05, 0.1) is 18.2 Å². The molecule has 210 valence electrons. The second kappa shape index (κ2) is 10.9. The van der Waals surface area contributed by atoms with Gasteiger partial charge in [-0.25, -0.2) is 4.79 Å². The molecule has 2 N–H and O–H groups in total. The van der Waals surface area contributed by atoms with Gasteiger partial charge in [0.2, 0.25) is 0 Å². The Hall–Kier alpha value is -2.48. The summed E-state index contributed by atoms with van der Waals surface area (Å²) in [4.78, 5) is 12.4. The van der Waals surface area contributed by atoms with Crippen molar-refractivity contribution in [2.75, 3.05) is 6.61 Å². The number of aliphatic hydroxyl groups excluding tert-OH is 1. The van der Waals surface area contributed by atoms with E-state index in [1.807, 2.05) is 0 Å². The molecule has 0 aliphatic heterocycles. The highest BCUT2D eigenvalue weighted by molar-refractivity contribution is 5.89. The highest BCUT2D eigenvalue weighted by atomic mass is 19.4. The predicted octanol–water partition coefficient (Wildman–Crippen LogP) is 7.72. The Morgan fingerprint density at radius 3 is 2.16 bits per heavy atom. The molecule has 2 saturated carbocycles. The van der Waals surface area contributed by atoms with E-state index in [-0.39, 0.29) is 17.2 Å². The highest BCUT2D eigenvalue weighted by Gasteiger charge is 2.39. The number of amides is 1. The van der Waals surface area contributed by atoms with Crippen LogP contribution in [-0.2, 0) is 16.5 Å². The molecule has 0 spiro atoms. The van der Waals surface area contributed by atoms with Crippen LogP contribution in [0.15, 0.2) is 30.3 Å². The number of nitrogens with one attached hydrogen (secondary N) is 1. The zero-order valence-corrected chi connectivity index (χ0v) is 22.8. The summed E-state index contributed by atoms with van der Waals surface area (Å²) in [6.07, 6.45) is 3.18. The van der Waals surface area contributed by atoms with Crippen LogP contribution in [0, 0.1) is 11.8 Å². The molecule has 0 bridgehead atoms. The average molecular weight is 536 g/mol. The van der Waals surface area contributed by atoms with E-state index in [1.54, 1.807) is 39.8 Å². The van der Waals surface area contributed by atoms with Crippen LogP contribution in [0.5, 0.6) is 5.75 Å². The Balaban J connectivity index is 1.57. The zero-order chi connectivity index (χ0) is 27.7. The van der Waals surface area contributed by atoms with Gasteiger partial charge in [0.1, 0.15) is 16.9 Å². The van der Waals surface area contributed by atoms with Gasteiger partial charge in [0.15, 0.2) is 0 Å². The quantitative estimate of drug-likeness (QED) is 0.397. The number of alkyl carbamates (subject to hydrolysis) is 1. The summed E-state index contributed by atoms with van der Waals surface area (Å²) in [5.74, 6) is 1.30. The molecule has 2 aromatic carbocycles. The number of hydrogen-bond donors (Lipinski definition) is 2. The fraction of sp³-hybridized carbons (Fsp3) is 0.633. The third-order valence-corrected chi connectivity index (χ3v) is 8.07. The molecule has 2 aromatic rings. The molecule has 0 unspecified atom stereocenters. The lowest BCUT2D eigenvalue weighted by Gasteiger charge is -2.33. The fourth-order valence-corrected chi connectivity index (χ4v) is 6.06. The van der Waals surface area contributed by atoms with Crippen LogP contribution in [0.2, 0.25) is 0 Å². The molecule has 0 radical (unpaired) electrons. The number of fused-ring (bicyclic) bond motifs is 1. The number of aliphatic hydroxyl groups is 1. The number of ether oxygens (including phenoxy) is 2. The molecule has 4 rings (SSSR count). The molecule has 1 atom stereocenters. The molecule has 0 heterocycles. The SMILES string of the molecule is CC(C)(C)OC(=O)N[C@@](C)(CO)c1ccc2c(C(F)(F)F)c(OC3CCC(C4CCCC4)CC3)ccc2c1. The van der Waals surface area contributed by atoms with Crippen molar-refractivity contribution >= 4 is 16.9 Å². The van der Waals surface area contributed by atoms with Gasteiger partial charge in [-0.1, -0.05) is 43.9 Å². The number of carbonyl (C=O) groups is 1. The second-order valence-corrected chi connectivity index (χ2v) is 12.2. The summed E-state index contributed by atoms with van der Waals surface area (Å²) < 4.78 is 54.3. The van der Waals surface area contributed by atoms with E-state index in [2.05, 4.69) is 5.32 Å². The minimum absolute atomic E-state index is 0.0240. The predicted molar refractivity (Wildman–Crippen MR) is 141 cm³/mol. The van der Waals surface area contributed by atoms with Gasteiger partial charge in [-0.15, -0.1) is 0 Å². The van der Waals surface area contributed by atoms with Crippen LogP contribution in [0.25, 0.3) is 10.8 Å². The number of carbonyl (C=O) groups excluding carboxylic acids is 1. The summed E-state index contributed by atoms with van der Waals surface area (Å²) in [5.41, 5.74) is -2.31. The topological polar surface area (TPSA) is 67.8 Å². The van der Waals surface area contributed by atoms with E-state index in [1.165, 1.54) is 43.9 Å². The van der Waals surface area contributed by atoms with E-state index < -0.39 is 35.6 Å². The maximum absolute atomic E-state index is 14.3. The van der Waals surface area contributed by atoms with E-state index >= 15 is 0 Å². The Kier molecular flexibility index (Phi) is 8.22. The highest BCUT2D eigenvalue weighted by Crippen LogP contribution is 2.44.